The van der Waals surface area contributed by atoms with Crippen LogP contribution in [0.2, 0.25) is 0 Å². The summed E-state index contributed by atoms with van der Waals surface area (Å²) in [5.41, 5.74) is -0.144. The Kier molecular flexibility index (Phi) is 5.46. The molecular weight excluding hydrogens is 358 g/mol. The first kappa shape index (κ1) is 19.9. The zero-order valence-corrected chi connectivity index (χ0v) is 16.5. The third-order valence-electron chi connectivity index (χ3n) is 5.29. The lowest BCUT2D eigenvalue weighted by molar-refractivity contribution is -0.136. The Morgan fingerprint density at radius 1 is 1.25 bits per heavy atom. The highest BCUT2D eigenvalue weighted by Gasteiger charge is 2.42. The van der Waals surface area contributed by atoms with Gasteiger partial charge in [-0.05, 0) is 48.8 Å². The van der Waals surface area contributed by atoms with Gasteiger partial charge in [-0.15, -0.1) is 0 Å². The standard InChI is InChI=1S/C22H25NO5/c1-21(2)10-15(11-22(3,12-21)13-26-14-23)8-20(25)27-17-6-4-16-5-7-19(24)28-18(16)9-17/h4-7,9,15H,8,10-13H2,1-3H3. The number of fused-ring (bicyclic) bond motifs is 1. The molecule has 0 spiro atoms. The van der Waals surface area contributed by atoms with Crippen molar-refractivity contribution >= 4 is 16.9 Å². The van der Waals surface area contributed by atoms with E-state index in [4.69, 9.17) is 19.2 Å². The van der Waals surface area contributed by atoms with Crippen molar-refractivity contribution in [2.75, 3.05) is 6.61 Å². The summed E-state index contributed by atoms with van der Waals surface area (Å²) in [4.78, 5) is 23.9. The van der Waals surface area contributed by atoms with Gasteiger partial charge in [-0.3, -0.25) is 4.79 Å². The molecule has 1 aromatic heterocycles. The Hall–Kier alpha value is -2.81. The largest absolute Gasteiger partial charge is 0.427 e. The van der Waals surface area contributed by atoms with Crippen LogP contribution in [0, 0.1) is 28.3 Å². The molecule has 1 aliphatic rings. The van der Waals surface area contributed by atoms with Crippen molar-refractivity contribution in [1.29, 1.82) is 5.26 Å². The molecule has 1 heterocycles. The monoisotopic (exact) mass is 383 g/mol. The average molecular weight is 383 g/mol. The van der Waals surface area contributed by atoms with E-state index >= 15 is 0 Å². The molecule has 3 rings (SSSR count). The molecule has 0 amide bonds. The van der Waals surface area contributed by atoms with Gasteiger partial charge in [0.05, 0.1) is 0 Å². The lowest BCUT2D eigenvalue weighted by atomic mass is 9.60. The summed E-state index contributed by atoms with van der Waals surface area (Å²) in [5.74, 6) is 0.198. The molecule has 6 heteroatoms. The second-order valence-electron chi connectivity index (χ2n) is 8.94. The lowest BCUT2D eigenvalue weighted by Crippen LogP contribution is -2.39. The summed E-state index contributed by atoms with van der Waals surface area (Å²) in [5, 5.41) is 9.50. The predicted octanol–water partition coefficient (Wildman–Crippen LogP) is 4.42. The first-order valence-electron chi connectivity index (χ1n) is 9.44. The third kappa shape index (κ3) is 4.92. The zero-order chi connectivity index (χ0) is 20.4. The fourth-order valence-electron chi connectivity index (χ4n) is 4.82. The van der Waals surface area contributed by atoms with Crippen LogP contribution in [-0.4, -0.2) is 12.6 Å². The van der Waals surface area contributed by atoms with Crippen molar-refractivity contribution in [3.8, 4) is 12.0 Å². The van der Waals surface area contributed by atoms with Gasteiger partial charge in [0.2, 0.25) is 0 Å². The topological polar surface area (TPSA) is 89.5 Å². The Morgan fingerprint density at radius 2 is 2.00 bits per heavy atom. The molecule has 0 bridgehead atoms. The molecular formula is C22H25NO5. The van der Waals surface area contributed by atoms with E-state index in [9.17, 15) is 9.59 Å². The molecule has 0 radical (unpaired) electrons. The van der Waals surface area contributed by atoms with Gasteiger partial charge in [0.25, 0.3) is 6.26 Å². The minimum absolute atomic E-state index is 0.0586. The second-order valence-corrected chi connectivity index (χ2v) is 8.94. The van der Waals surface area contributed by atoms with Crippen LogP contribution < -0.4 is 10.4 Å². The molecule has 148 valence electrons. The molecule has 1 aromatic carbocycles. The van der Waals surface area contributed by atoms with Gasteiger partial charge < -0.3 is 13.9 Å². The molecule has 0 saturated heterocycles. The fraction of sp³-hybridized carbons (Fsp3) is 0.500. The maximum absolute atomic E-state index is 12.5. The van der Waals surface area contributed by atoms with Crippen LogP contribution in [0.3, 0.4) is 0 Å². The van der Waals surface area contributed by atoms with Crippen LogP contribution in [0.4, 0.5) is 0 Å². The number of esters is 1. The Bertz CT molecular complexity index is 971. The minimum Gasteiger partial charge on any atom is -0.427 e. The number of carbonyl (C=O) groups is 1. The fourth-order valence-corrected chi connectivity index (χ4v) is 4.82. The van der Waals surface area contributed by atoms with Crippen molar-refractivity contribution in [3.05, 3.63) is 40.8 Å². The highest BCUT2D eigenvalue weighted by Crippen LogP contribution is 2.49. The first-order valence-corrected chi connectivity index (χ1v) is 9.44. The molecule has 2 atom stereocenters. The molecule has 2 unspecified atom stereocenters. The zero-order valence-electron chi connectivity index (χ0n) is 16.5. The number of nitrogens with zero attached hydrogens (tertiary/aromatic N) is 1. The van der Waals surface area contributed by atoms with Crippen molar-refractivity contribution < 1.29 is 18.7 Å². The van der Waals surface area contributed by atoms with Crippen LogP contribution in [0.1, 0.15) is 46.5 Å². The van der Waals surface area contributed by atoms with E-state index in [0.29, 0.717) is 24.4 Å². The Morgan fingerprint density at radius 3 is 2.75 bits per heavy atom. The minimum atomic E-state index is -0.445. The summed E-state index contributed by atoms with van der Waals surface area (Å²) in [6, 6.07) is 8.02. The van der Waals surface area contributed by atoms with Gasteiger partial charge in [-0.2, -0.15) is 5.26 Å². The number of hydrogen-bond acceptors (Lipinski definition) is 6. The van der Waals surface area contributed by atoms with Gasteiger partial charge in [-0.25, -0.2) is 4.79 Å². The number of ether oxygens (including phenoxy) is 2. The van der Waals surface area contributed by atoms with Gasteiger partial charge in [-0.1, -0.05) is 20.8 Å². The maximum Gasteiger partial charge on any atom is 0.336 e. The first-order chi connectivity index (χ1) is 13.2. The SMILES string of the molecule is CC1(C)CC(CC(=O)Oc2ccc3ccc(=O)oc3c2)CC(C)(COC#N)C1. The molecule has 0 N–H and O–H groups in total. The van der Waals surface area contributed by atoms with Crippen molar-refractivity contribution in [2.24, 2.45) is 16.7 Å². The Balaban J connectivity index is 1.68. The molecule has 28 heavy (non-hydrogen) atoms. The smallest absolute Gasteiger partial charge is 0.336 e. The normalized spacial score (nSPS) is 23.7. The molecule has 2 aromatic rings. The van der Waals surface area contributed by atoms with Gasteiger partial charge in [0.1, 0.15) is 17.9 Å². The lowest BCUT2D eigenvalue weighted by Gasteiger charge is -2.45. The summed E-state index contributed by atoms with van der Waals surface area (Å²) < 4.78 is 15.7. The van der Waals surface area contributed by atoms with Crippen LogP contribution in [0.25, 0.3) is 11.0 Å². The number of benzene rings is 1. The van der Waals surface area contributed by atoms with E-state index in [0.717, 1.165) is 24.6 Å². The maximum atomic E-state index is 12.5. The molecule has 6 nitrogen and oxygen atoms in total. The highest BCUT2D eigenvalue weighted by molar-refractivity contribution is 5.79. The summed E-state index contributed by atoms with van der Waals surface area (Å²) in [7, 11) is 0. The molecule has 1 fully saturated rings. The van der Waals surface area contributed by atoms with Crippen molar-refractivity contribution in [2.45, 2.75) is 46.5 Å². The van der Waals surface area contributed by atoms with Crippen LogP contribution in [0.5, 0.6) is 5.75 Å². The van der Waals surface area contributed by atoms with E-state index in [1.807, 2.05) is 0 Å². The Labute approximate surface area is 164 Å². The summed E-state index contributed by atoms with van der Waals surface area (Å²) in [6.07, 6.45) is 4.71. The second kappa shape index (κ2) is 7.67. The van der Waals surface area contributed by atoms with E-state index in [-0.39, 0.29) is 22.7 Å². The van der Waals surface area contributed by atoms with Crippen molar-refractivity contribution in [1.82, 2.24) is 0 Å². The molecule has 1 saturated carbocycles. The predicted molar refractivity (Wildman–Crippen MR) is 104 cm³/mol. The quantitative estimate of drug-likeness (QED) is 0.329. The number of nitriles is 1. The van der Waals surface area contributed by atoms with Crippen molar-refractivity contribution in [3.63, 3.8) is 0 Å². The number of rotatable bonds is 5. The van der Waals surface area contributed by atoms with Crippen LogP contribution in [0.15, 0.2) is 39.5 Å². The van der Waals surface area contributed by atoms with E-state index in [2.05, 4.69) is 20.8 Å². The van der Waals surface area contributed by atoms with E-state index < -0.39 is 5.63 Å². The summed E-state index contributed by atoms with van der Waals surface area (Å²) in [6.45, 7) is 6.83. The number of hydrogen-bond donors (Lipinski definition) is 0. The van der Waals surface area contributed by atoms with Crippen LogP contribution in [-0.2, 0) is 9.53 Å². The van der Waals surface area contributed by atoms with Gasteiger partial charge in [0, 0.05) is 29.4 Å². The molecule has 0 aliphatic heterocycles. The highest BCUT2D eigenvalue weighted by atomic mass is 16.5. The average Bonchev–Trinajstić information content (AvgIpc) is 2.57. The number of carbonyl (C=O) groups excluding carboxylic acids is 1. The van der Waals surface area contributed by atoms with E-state index in [1.54, 1.807) is 30.5 Å². The van der Waals surface area contributed by atoms with E-state index in [1.165, 1.54) is 6.07 Å². The van der Waals surface area contributed by atoms with Gasteiger partial charge >= 0.3 is 11.6 Å². The summed E-state index contributed by atoms with van der Waals surface area (Å²) >= 11 is 0. The third-order valence-corrected chi connectivity index (χ3v) is 5.29. The molecule has 1 aliphatic carbocycles. The van der Waals surface area contributed by atoms with Crippen LogP contribution >= 0.6 is 0 Å². The van der Waals surface area contributed by atoms with Gasteiger partial charge in [0.15, 0.2) is 0 Å².